The maximum atomic E-state index is 12.6. The summed E-state index contributed by atoms with van der Waals surface area (Å²) in [6, 6.07) is 7.41. The van der Waals surface area contributed by atoms with Gasteiger partial charge in [0.05, 0.1) is 18.3 Å². The number of aromatic nitrogens is 1. The summed E-state index contributed by atoms with van der Waals surface area (Å²) in [5, 5.41) is 7.12. The average Bonchev–Trinajstić information content (AvgIpc) is 3.40. The quantitative estimate of drug-likeness (QED) is 0.789. The zero-order chi connectivity index (χ0) is 22.6. The Kier molecular flexibility index (Phi) is 6.62. The number of furan rings is 1. The van der Waals surface area contributed by atoms with E-state index < -0.39 is 12.1 Å². The van der Waals surface area contributed by atoms with Crippen molar-refractivity contribution in [1.82, 2.24) is 14.8 Å². The van der Waals surface area contributed by atoms with Crippen LogP contribution in [0.5, 0.6) is 0 Å². The van der Waals surface area contributed by atoms with E-state index in [4.69, 9.17) is 14.3 Å². The maximum Gasteiger partial charge on any atom is 0.490 e. The molecule has 0 aromatic carbocycles. The number of carboxylic acid groups (broad SMARTS) is 1. The number of pyridine rings is 1. The Labute approximate surface area is 175 Å². The van der Waals surface area contributed by atoms with E-state index in [2.05, 4.69) is 4.98 Å². The minimum absolute atomic E-state index is 0.0666. The van der Waals surface area contributed by atoms with Crippen molar-refractivity contribution in [1.29, 1.82) is 0 Å². The first-order valence-corrected chi connectivity index (χ1v) is 9.51. The molecule has 2 amide bonds. The van der Waals surface area contributed by atoms with Gasteiger partial charge < -0.3 is 19.3 Å². The van der Waals surface area contributed by atoms with Crippen LogP contribution < -0.4 is 0 Å². The van der Waals surface area contributed by atoms with Gasteiger partial charge in [0.1, 0.15) is 0 Å². The molecule has 0 aliphatic carbocycles. The minimum Gasteiger partial charge on any atom is -0.475 e. The van der Waals surface area contributed by atoms with E-state index in [1.54, 1.807) is 24.5 Å². The summed E-state index contributed by atoms with van der Waals surface area (Å²) in [5.41, 5.74) is 1.02. The van der Waals surface area contributed by atoms with Crippen LogP contribution in [0, 0.1) is 0 Å². The molecule has 11 heteroatoms. The fraction of sp³-hybridized carbons (Fsp3) is 0.400. The molecule has 2 fully saturated rings. The first-order valence-electron chi connectivity index (χ1n) is 9.51. The number of alkyl halides is 3. The fourth-order valence-electron chi connectivity index (χ4n) is 3.84. The van der Waals surface area contributed by atoms with Crippen LogP contribution in [-0.4, -0.2) is 62.5 Å². The third-order valence-corrected chi connectivity index (χ3v) is 5.20. The molecule has 2 aromatic heterocycles. The van der Waals surface area contributed by atoms with Gasteiger partial charge in [-0.15, -0.1) is 0 Å². The molecule has 4 rings (SSSR count). The Morgan fingerprint density at radius 3 is 2.52 bits per heavy atom. The fourth-order valence-corrected chi connectivity index (χ4v) is 3.84. The van der Waals surface area contributed by atoms with E-state index in [1.165, 1.54) is 6.26 Å². The lowest BCUT2D eigenvalue weighted by molar-refractivity contribution is -0.192. The highest BCUT2D eigenvalue weighted by atomic mass is 19.4. The van der Waals surface area contributed by atoms with Crippen LogP contribution in [0.2, 0.25) is 0 Å². The molecule has 0 saturated carbocycles. The number of carbonyl (C=O) groups is 3. The second-order valence-electron chi connectivity index (χ2n) is 7.12. The zero-order valence-electron chi connectivity index (χ0n) is 16.3. The molecule has 8 nitrogen and oxygen atoms in total. The Bertz CT molecular complexity index is 918. The number of hydrogen-bond donors (Lipinski definition) is 1. The van der Waals surface area contributed by atoms with Crippen molar-refractivity contribution in [2.24, 2.45) is 0 Å². The van der Waals surface area contributed by atoms with Crippen LogP contribution in [0.15, 0.2) is 47.3 Å². The molecule has 31 heavy (non-hydrogen) atoms. The molecule has 2 saturated heterocycles. The van der Waals surface area contributed by atoms with Crippen molar-refractivity contribution < 1.29 is 37.1 Å². The number of carboxylic acids is 1. The van der Waals surface area contributed by atoms with Crippen molar-refractivity contribution in [3.8, 4) is 0 Å². The molecule has 1 N–H and O–H groups in total. The predicted octanol–water partition coefficient (Wildman–Crippen LogP) is 2.71. The van der Waals surface area contributed by atoms with Gasteiger partial charge in [-0.3, -0.25) is 14.6 Å². The number of rotatable bonds is 3. The molecule has 4 heterocycles. The summed E-state index contributed by atoms with van der Waals surface area (Å²) in [5.74, 6) is -2.31. The average molecular weight is 439 g/mol. The van der Waals surface area contributed by atoms with E-state index in [0.29, 0.717) is 25.3 Å². The highest BCUT2D eigenvalue weighted by molar-refractivity contribution is 5.92. The second-order valence-corrected chi connectivity index (χ2v) is 7.12. The van der Waals surface area contributed by atoms with Crippen molar-refractivity contribution in [2.45, 2.75) is 44.1 Å². The van der Waals surface area contributed by atoms with Gasteiger partial charge in [-0.05, 0) is 36.6 Å². The van der Waals surface area contributed by atoms with E-state index in [0.717, 1.165) is 18.4 Å². The van der Waals surface area contributed by atoms with Crippen molar-refractivity contribution in [2.75, 3.05) is 6.54 Å². The third kappa shape index (κ3) is 5.22. The summed E-state index contributed by atoms with van der Waals surface area (Å²) in [4.78, 5) is 41.9. The molecule has 0 spiro atoms. The van der Waals surface area contributed by atoms with Crippen LogP contribution >= 0.6 is 0 Å². The van der Waals surface area contributed by atoms with E-state index >= 15 is 0 Å². The molecule has 166 valence electrons. The number of likely N-dealkylation sites (tertiary alicyclic amines) is 2. The lowest BCUT2D eigenvalue weighted by Crippen LogP contribution is -2.52. The van der Waals surface area contributed by atoms with Gasteiger partial charge in [-0.2, -0.15) is 13.2 Å². The standard InChI is InChI=1S/C18H19N3O3.C2HF3O2/c22-17-6-5-14-15(21(17)12-13-3-1-8-19-11-13)7-9-20(14)18(23)16-4-2-10-24-16;3-2(4,5)1(6)7/h1-4,8,10-11,14-15H,5-7,9,12H2;(H,6,7)/t14-,15-;/m0./s1. The molecular formula is C20H20F3N3O5. The number of nitrogens with zero attached hydrogens (tertiary/aromatic N) is 3. The van der Waals surface area contributed by atoms with Gasteiger partial charge in [0.25, 0.3) is 5.91 Å². The number of hydrogen-bond acceptors (Lipinski definition) is 5. The molecule has 0 radical (unpaired) electrons. The SMILES string of the molecule is O=C(O)C(F)(F)F.O=C1CC[C@H]2[C@H](CCN2C(=O)c2ccco2)N1Cc1cccnc1. The van der Waals surface area contributed by atoms with Crippen LogP contribution in [0.25, 0.3) is 0 Å². The number of carbonyl (C=O) groups excluding carboxylic acids is 2. The van der Waals surface area contributed by atoms with Gasteiger partial charge in [0.2, 0.25) is 5.91 Å². The van der Waals surface area contributed by atoms with Crippen LogP contribution in [0.3, 0.4) is 0 Å². The summed E-state index contributed by atoms with van der Waals surface area (Å²) in [6.07, 6.45) is 1.95. The summed E-state index contributed by atoms with van der Waals surface area (Å²) >= 11 is 0. The third-order valence-electron chi connectivity index (χ3n) is 5.20. The highest BCUT2D eigenvalue weighted by Gasteiger charge is 2.45. The van der Waals surface area contributed by atoms with Crippen LogP contribution in [0.1, 0.15) is 35.4 Å². The van der Waals surface area contributed by atoms with Gasteiger partial charge in [0.15, 0.2) is 5.76 Å². The number of fused-ring (bicyclic) bond motifs is 1. The molecule has 2 aliphatic rings. The topological polar surface area (TPSA) is 104 Å². The van der Waals surface area contributed by atoms with Crippen molar-refractivity contribution >= 4 is 17.8 Å². The first-order chi connectivity index (χ1) is 14.7. The largest absolute Gasteiger partial charge is 0.490 e. The molecule has 0 bridgehead atoms. The molecule has 2 aliphatic heterocycles. The molecule has 0 unspecified atom stereocenters. The zero-order valence-corrected chi connectivity index (χ0v) is 16.3. The second kappa shape index (κ2) is 9.19. The van der Waals surface area contributed by atoms with E-state index in [9.17, 15) is 22.8 Å². The highest BCUT2D eigenvalue weighted by Crippen LogP contribution is 2.33. The number of amides is 2. The Morgan fingerprint density at radius 2 is 1.94 bits per heavy atom. The Hall–Kier alpha value is -3.37. The normalized spacial score (nSPS) is 20.7. The van der Waals surface area contributed by atoms with Crippen molar-refractivity contribution in [3.63, 3.8) is 0 Å². The minimum atomic E-state index is -5.08. The Morgan fingerprint density at radius 1 is 1.19 bits per heavy atom. The first kappa shape index (κ1) is 22.3. The lowest BCUT2D eigenvalue weighted by atomic mass is 9.95. The number of aliphatic carboxylic acids is 1. The van der Waals surface area contributed by atoms with Gasteiger partial charge in [-0.25, -0.2) is 4.79 Å². The number of halogens is 3. The monoisotopic (exact) mass is 439 g/mol. The molecule has 2 aromatic rings. The van der Waals surface area contributed by atoms with Gasteiger partial charge >= 0.3 is 12.1 Å². The lowest BCUT2D eigenvalue weighted by Gasteiger charge is -2.39. The summed E-state index contributed by atoms with van der Waals surface area (Å²) in [7, 11) is 0. The predicted molar refractivity (Wildman–Crippen MR) is 99.6 cm³/mol. The Balaban J connectivity index is 0.000000339. The molecule has 2 atom stereocenters. The van der Waals surface area contributed by atoms with Crippen LogP contribution in [0.4, 0.5) is 13.2 Å². The maximum absolute atomic E-state index is 12.6. The van der Waals surface area contributed by atoms with Gasteiger partial charge in [0, 0.05) is 31.9 Å². The van der Waals surface area contributed by atoms with Gasteiger partial charge in [-0.1, -0.05) is 6.07 Å². The summed E-state index contributed by atoms with van der Waals surface area (Å²) in [6.45, 7) is 1.21. The molecular weight excluding hydrogens is 419 g/mol. The summed E-state index contributed by atoms with van der Waals surface area (Å²) < 4.78 is 37.0. The van der Waals surface area contributed by atoms with E-state index in [-0.39, 0.29) is 23.9 Å². The number of piperidine rings is 1. The van der Waals surface area contributed by atoms with Crippen molar-refractivity contribution in [3.05, 3.63) is 54.2 Å². The smallest absolute Gasteiger partial charge is 0.475 e. The van der Waals surface area contributed by atoms with Crippen LogP contribution in [-0.2, 0) is 16.1 Å². The van der Waals surface area contributed by atoms with E-state index in [1.807, 2.05) is 21.9 Å².